The average molecular weight is 428 g/mol. The summed E-state index contributed by atoms with van der Waals surface area (Å²) in [5.41, 5.74) is -2.56. The summed E-state index contributed by atoms with van der Waals surface area (Å²) in [6.45, 7) is 6.27. The van der Waals surface area contributed by atoms with Gasteiger partial charge in [-0.25, -0.2) is 0 Å². The van der Waals surface area contributed by atoms with Gasteiger partial charge in [0.1, 0.15) is 11.7 Å². The molecule has 0 aromatic carbocycles. The molecule has 2 N–H and O–H groups in total. The van der Waals surface area contributed by atoms with E-state index in [0.29, 0.717) is 18.8 Å². The van der Waals surface area contributed by atoms with E-state index < -0.39 is 22.2 Å². The van der Waals surface area contributed by atoms with E-state index in [1.807, 2.05) is 13.8 Å². The van der Waals surface area contributed by atoms with Crippen LogP contribution in [0, 0.1) is 45.8 Å². The van der Waals surface area contributed by atoms with Crippen LogP contribution in [0.4, 0.5) is 0 Å². The minimum absolute atomic E-state index is 0.00189. The van der Waals surface area contributed by atoms with Crippen LogP contribution in [0.5, 0.6) is 0 Å². The fourth-order valence-electron chi connectivity index (χ4n) is 9.16. The molecule has 1 amide bonds. The summed E-state index contributed by atoms with van der Waals surface area (Å²) in [5.74, 6) is -0.446. The first-order valence-electron chi connectivity index (χ1n) is 12.5. The number of aldehydes is 1. The van der Waals surface area contributed by atoms with Gasteiger partial charge in [-0.15, -0.1) is 0 Å². The van der Waals surface area contributed by atoms with Crippen LogP contribution in [-0.4, -0.2) is 29.3 Å². The predicted octanol–water partition coefficient (Wildman–Crippen LogP) is 4.36. The predicted molar refractivity (Wildman–Crippen MR) is 117 cm³/mol. The first kappa shape index (κ1) is 21.2. The molecule has 0 spiro atoms. The molecule has 4 saturated carbocycles. The molecule has 0 saturated heterocycles. The molecular formula is C26H37NO4. The highest BCUT2D eigenvalue weighted by atomic mass is 16.4. The van der Waals surface area contributed by atoms with Gasteiger partial charge in [0.05, 0.1) is 10.8 Å². The number of carboxylic acid groups (broad SMARTS) is 1. The minimum atomic E-state index is -1.40. The number of carbonyl (C=O) groups is 3. The number of fused-ring (bicyclic) bond motifs is 2. The molecule has 5 aliphatic rings. The van der Waals surface area contributed by atoms with Crippen LogP contribution < -0.4 is 5.32 Å². The monoisotopic (exact) mass is 427 g/mol. The van der Waals surface area contributed by atoms with E-state index in [9.17, 15) is 19.5 Å². The highest BCUT2D eigenvalue weighted by Crippen LogP contribution is 2.82. The normalized spacial score (nSPS) is 46.0. The molecule has 31 heavy (non-hydrogen) atoms. The molecule has 170 valence electrons. The second-order valence-corrected chi connectivity index (χ2v) is 11.6. The van der Waals surface area contributed by atoms with Crippen LogP contribution in [-0.2, 0) is 14.4 Å². The molecule has 4 bridgehead atoms. The highest BCUT2D eigenvalue weighted by molar-refractivity contribution is 6.00. The summed E-state index contributed by atoms with van der Waals surface area (Å²) in [5, 5.41) is 14.3. The molecule has 4 unspecified atom stereocenters. The van der Waals surface area contributed by atoms with Gasteiger partial charge in [-0.3, -0.25) is 9.59 Å². The Morgan fingerprint density at radius 3 is 2.45 bits per heavy atom. The number of hydrogen-bond donors (Lipinski definition) is 2. The number of carboxylic acids is 1. The van der Waals surface area contributed by atoms with Gasteiger partial charge in [-0.05, 0) is 61.7 Å². The molecule has 7 atom stereocenters. The lowest BCUT2D eigenvalue weighted by molar-refractivity contribution is -0.184. The van der Waals surface area contributed by atoms with Crippen molar-refractivity contribution in [2.75, 3.05) is 0 Å². The van der Waals surface area contributed by atoms with E-state index in [1.165, 1.54) is 6.42 Å². The minimum Gasteiger partial charge on any atom is -0.481 e. The number of hydrogen-bond acceptors (Lipinski definition) is 3. The lowest BCUT2D eigenvalue weighted by Crippen LogP contribution is -2.66. The zero-order valence-corrected chi connectivity index (χ0v) is 19.2. The van der Waals surface area contributed by atoms with Gasteiger partial charge in [0.2, 0.25) is 5.91 Å². The topological polar surface area (TPSA) is 83.5 Å². The zero-order valence-electron chi connectivity index (χ0n) is 19.2. The van der Waals surface area contributed by atoms with E-state index in [1.54, 1.807) is 0 Å². The van der Waals surface area contributed by atoms with Crippen LogP contribution in [0.1, 0.15) is 78.6 Å². The number of nitrogens with one attached hydrogen (secondary N) is 1. The fourth-order valence-corrected chi connectivity index (χ4v) is 9.16. The van der Waals surface area contributed by atoms with Gasteiger partial charge in [0.25, 0.3) is 0 Å². The Hall–Kier alpha value is -1.65. The third-order valence-corrected chi connectivity index (χ3v) is 10.3. The van der Waals surface area contributed by atoms with Crippen molar-refractivity contribution in [1.29, 1.82) is 0 Å². The third kappa shape index (κ3) is 2.31. The average Bonchev–Trinajstić information content (AvgIpc) is 3.32. The van der Waals surface area contributed by atoms with Crippen LogP contribution in [0.15, 0.2) is 11.6 Å². The summed E-state index contributed by atoms with van der Waals surface area (Å²) >= 11 is 0. The Labute approximate surface area is 185 Å². The van der Waals surface area contributed by atoms with Crippen LogP contribution in [0.2, 0.25) is 0 Å². The molecule has 4 fully saturated rings. The van der Waals surface area contributed by atoms with Crippen LogP contribution in [0.3, 0.4) is 0 Å². The molecule has 5 heteroatoms. The van der Waals surface area contributed by atoms with Crippen LogP contribution in [0.25, 0.3) is 0 Å². The highest BCUT2D eigenvalue weighted by Gasteiger charge is 2.86. The molecule has 5 rings (SSSR count). The number of rotatable bonds is 5. The molecule has 0 aliphatic heterocycles. The standard InChI is InChI=1S/C26H37NO4/c1-15(2)21-11-17-12-24(14-28)20-10-9-16(3)19(20)13-25(17,26(21,24)23(30)31)22(29)27-18-7-5-4-6-8-18/h11,14-20H,4-10,12-13H2,1-3H3,(H,27,29)(H,30,31)/t16-,17?,19-,20-,24?,25?,26?/m1/s1. The van der Waals surface area contributed by atoms with Gasteiger partial charge in [-0.2, -0.15) is 0 Å². The maximum Gasteiger partial charge on any atom is 0.315 e. The second kappa shape index (κ2) is 6.92. The first-order valence-corrected chi connectivity index (χ1v) is 12.5. The van der Waals surface area contributed by atoms with Crippen molar-refractivity contribution in [3.8, 4) is 0 Å². The van der Waals surface area contributed by atoms with Crippen molar-refractivity contribution >= 4 is 18.2 Å². The van der Waals surface area contributed by atoms with E-state index in [2.05, 4.69) is 18.3 Å². The Bertz CT molecular complexity index is 842. The molecule has 0 radical (unpaired) electrons. The number of allylic oxidation sites excluding steroid dienone is 1. The van der Waals surface area contributed by atoms with Gasteiger partial charge in [0.15, 0.2) is 0 Å². The summed E-state index contributed by atoms with van der Waals surface area (Å²) in [7, 11) is 0. The van der Waals surface area contributed by atoms with Gasteiger partial charge in [-0.1, -0.05) is 58.1 Å². The SMILES string of the molecule is CC(C)C1=CC2CC3(C=O)[C@@H]4CC[C@@H](C)[C@H]4CC2(C(=O)NC2CCCCC2)C13C(=O)O. The lowest BCUT2D eigenvalue weighted by atomic mass is 9.42. The van der Waals surface area contributed by atoms with Crippen molar-refractivity contribution in [2.45, 2.75) is 84.6 Å². The van der Waals surface area contributed by atoms with Crippen molar-refractivity contribution in [3.05, 3.63) is 11.6 Å². The summed E-state index contributed by atoms with van der Waals surface area (Å²) in [6.07, 6.45) is 11.5. The molecule has 0 aromatic heterocycles. The van der Waals surface area contributed by atoms with E-state index >= 15 is 0 Å². The smallest absolute Gasteiger partial charge is 0.315 e. The molecule has 0 aromatic rings. The molecule has 5 nitrogen and oxygen atoms in total. The van der Waals surface area contributed by atoms with Gasteiger partial charge >= 0.3 is 5.97 Å². The Balaban J connectivity index is 1.69. The third-order valence-electron chi connectivity index (χ3n) is 10.3. The van der Waals surface area contributed by atoms with E-state index in [0.717, 1.165) is 50.4 Å². The zero-order chi connectivity index (χ0) is 22.2. The maximum atomic E-state index is 14.2. The van der Waals surface area contributed by atoms with Crippen molar-refractivity contribution in [2.24, 2.45) is 45.8 Å². The summed E-state index contributed by atoms with van der Waals surface area (Å²) in [6, 6.07) is 0.133. The van der Waals surface area contributed by atoms with E-state index in [4.69, 9.17) is 0 Å². The van der Waals surface area contributed by atoms with Gasteiger partial charge < -0.3 is 15.2 Å². The molecular weight excluding hydrogens is 390 g/mol. The van der Waals surface area contributed by atoms with Gasteiger partial charge in [0, 0.05) is 6.04 Å². The van der Waals surface area contributed by atoms with Crippen LogP contribution >= 0.6 is 0 Å². The van der Waals surface area contributed by atoms with Crippen molar-refractivity contribution in [1.82, 2.24) is 5.32 Å². The quantitative estimate of drug-likeness (QED) is 0.504. The molecule has 5 aliphatic carbocycles. The van der Waals surface area contributed by atoms with Crippen molar-refractivity contribution in [3.63, 3.8) is 0 Å². The first-order chi connectivity index (χ1) is 14.8. The summed E-state index contributed by atoms with van der Waals surface area (Å²) in [4.78, 5) is 40.6. The fraction of sp³-hybridized carbons (Fsp3) is 0.808. The maximum absolute atomic E-state index is 14.2. The number of amides is 1. The Kier molecular flexibility index (Phi) is 4.74. The largest absolute Gasteiger partial charge is 0.481 e. The number of carbonyl (C=O) groups excluding carboxylic acids is 2. The van der Waals surface area contributed by atoms with E-state index in [-0.39, 0.29) is 35.6 Å². The Morgan fingerprint density at radius 2 is 1.84 bits per heavy atom. The van der Waals surface area contributed by atoms with Crippen molar-refractivity contribution < 1.29 is 19.5 Å². The molecule has 0 heterocycles. The Morgan fingerprint density at radius 1 is 1.13 bits per heavy atom. The lowest BCUT2D eigenvalue weighted by Gasteiger charge is -2.57. The number of aliphatic carboxylic acids is 1. The summed E-state index contributed by atoms with van der Waals surface area (Å²) < 4.78 is 0. The second-order valence-electron chi connectivity index (χ2n) is 11.6.